The van der Waals surface area contributed by atoms with Crippen molar-refractivity contribution >= 4 is 21.4 Å². The Hall–Kier alpha value is -0.820. The van der Waals surface area contributed by atoms with Crippen LogP contribution < -0.4 is 0 Å². The molecule has 1 aromatic heterocycles. The van der Waals surface area contributed by atoms with Crippen LogP contribution in [0.5, 0.6) is 0 Å². The van der Waals surface area contributed by atoms with E-state index in [1.165, 1.54) is 48.6 Å². The first-order chi connectivity index (χ1) is 7.93. The van der Waals surface area contributed by atoms with Gasteiger partial charge in [-0.1, -0.05) is 43.9 Å². The summed E-state index contributed by atoms with van der Waals surface area (Å²) >= 11 is 1.90. The number of fused-ring (bicyclic) bond motifs is 1. The molecule has 3 rings (SSSR count). The Balaban J connectivity index is 1.73. The first-order valence-corrected chi connectivity index (χ1v) is 7.26. The van der Waals surface area contributed by atoms with E-state index in [-0.39, 0.29) is 0 Å². The van der Waals surface area contributed by atoms with Crippen LogP contribution in [0.4, 0.5) is 0 Å². The summed E-state index contributed by atoms with van der Waals surface area (Å²) in [7, 11) is 0. The van der Waals surface area contributed by atoms with Gasteiger partial charge in [-0.3, -0.25) is 0 Å². The second kappa shape index (κ2) is 4.58. The molecule has 0 unspecified atom stereocenters. The molecular formula is C15H18S. The van der Waals surface area contributed by atoms with Gasteiger partial charge in [0.1, 0.15) is 0 Å². The van der Waals surface area contributed by atoms with Crippen LogP contribution in [0.1, 0.15) is 37.7 Å². The van der Waals surface area contributed by atoms with Crippen LogP contribution >= 0.6 is 11.3 Å². The Morgan fingerprint density at radius 3 is 2.81 bits per heavy atom. The van der Waals surface area contributed by atoms with E-state index < -0.39 is 0 Å². The van der Waals surface area contributed by atoms with Crippen molar-refractivity contribution in [2.24, 2.45) is 5.92 Å². The molecule has 0 radical (unpaired) electrons. The summed E-state index contributed by atoms with van der Waals surface area (Å²) in [5, 5.41) is 3.85. The minimum absolute atomic E-state index is 1.01. The molecule has 1 aromatic carbocycles. The molecule has 16 heavy (non-hydrogen) atoms. The van der Waals surface area contributed by atoms with Gasteiger partial charge in [0, 0.05) is 4.70 Å². The average molecular weight is 230 g/mol. The minimum atomic E-state index is 1.01. The molecule has 0 bridgehead atoms. The quantitative estimate of drug-likeness (QED) is 0.694. The fourth-order valence-corrected chi connectivity index (χ4v) is 3.88. The van der Waals surface area contributed by atoms with E-state index in [9.17, 15) is 0 Å². The summed E-state index contributed by atoms with van der Waals surface area (Å²) < 4.78 is 1.45. The molecule has 0 nitrogen and oxygen atoms in total. The fourth-order valence-electron chi connectivity index (χ4n) is 2.89. The number of hydrogen-bond acceptors (Lipinski definition) is 1. The van der Waals surface area contributed by atoms with Gasteiger partial charge in [-0.25, -0.2) is 0 Å². The molecule has 2 aromatic rings. The van der Waals surface area contributed by atoms with Gasteiger partial charge in [0.15, 0.2) is 0 Å². The van der Waals surface area contributed by atoms with Gasteiger partial charge in [0.2, 0.25) is 0 Å². The number of aryl methyl sites for hydroxylation is 1. The lowest BCUT2D eigenvalue weighted by Crippen LogP contribution is -1.95. The van der Waals surface area contributed by atoms with Gasteiger partial charge >= 0.3 is 0 Å². The zero-order chi connectivity index (χ0) is 10.8. The molecule has 1 heteroatoms. The van der Waals surface area contributed by atoms with Crippen LogP contribution in [0, 0.1) is 5.92 Å². The summed E-state index contributed by atoms with van der Waals surface area (Å²) in [5.74, 6) is 1.01. The topological polar surface area (TPSA) is 0 Å². The van der Waals surface area contributed by atoms with Crippen LogP contribution in [0.25, 0.3) is 10.1 Å². The zero-order valence-electron chi connectivity index (χ0n) is 9.61. The molecule has 0 N–H and O–H groups in total. The fraction of sp³-hybridized carbons (Fsp3) is 0.467. The van der Waals surface area contributed by atoms with Crippen molar-refractivity contribution in [2.45, 2.75) is 38.5 Å². The van der Waals surface area contributed by atoms with Gasteiger partial charge in [-0.2, -0.15) is 0 Å². The van der Waals surface area contributed by atoms with Gasteiger partial charge in [-0.15, -0.1) is 11.3 Å². The summed E-state index contributed by atoms with van der Waals surface area (Å²) in [6.45, 7) is 0. The van der Waals surface area contributed by atoms with E-state index in [1.807, 2.05) is 11.3 Å². The molecule has 0 aliphatic heterocycles. The highest BCUT2D eigenvalue weighted by molar-refractivity contribution is 7.17. The molecule has 1 saturated carbocycles. The zero-order valence-corrected chi connectivity index (χ0v) is 10.4. The van der Waals surface area contributed by atoms with E-state index in [4.69, 9.17) is 0 Å². The summed E-state index contributed by atoms with van der Waals surface area (Å²) in [4.78, 5) is 0. The van der Waals surface area contributed by atoms with Crippen LogP contribution in [0.2, 0.25) is 0 Å². The van der Waals surface area contributed by atoms with Crippen molar-refractivity contribution in [1.29, 1.82) is 0 Å². The monoisotopic (exact) mass is 230 g/mol. The highest BCUT2D eigenvalue weighted by atomic mass is 32.1. The van der Waals surface area contributed by atoms with Crippen molar-refractivity contribution in [3.8, 4) is 0 Å². The van der Waals surface area contributed by atoms with E-state index >= 15 is 0 Å². The smallest absolute Gasteiger partial charge is 0.0345 e. The lowest BCUT2D eigenvalue weighted by Gasteiger charge is -2.07. The van der Waals surface area contributed by atoms with Crippen LogP contribution in [0.3, 0.4) is 0 Å². The molecule has 1 aliphatic rings. The normalized spacial score (nSPS) is 17.2. The predicted octanol–water partition coefficient (Wildman–Crippen LogP) is 5.02. The van der Waals surface area contributed by atoms with E-state index in [1.54, 1.807) is 5.56 Å². The standard InChI is InChI=1S/C15H18S/c1-2-6-12(5-1)9-10-13-11-16-15-8-4-3-7-14(13)15/h3-4,7-8,11-12H,1-2,5-6,9-10H2. The SMILES string of the molecule is c1ccc2c(CCC3CCCC3)csc2c1. The lowest BCUT2D eigenvalue weighted by molar-refractivity contribution is 0.505. The first kappa shape index (κ1) is 10.3. The molecule has 0 atom stereocenters. The Morgan fingerprint density at radius 2 is 1.94 bits per heavy atom. The third-order valence-corrected chi connectivity index (χ3v) is 4.87. The largest absolute Gasteiger partial charge is 0.144 e. The van der Waals surface area contributed by atoms with Crippen LogP contribution in [-0.2, 0) is 6.42 Å². The van der Waals surface area contributed by atoms with Gasteiger partial charge in [0.25, 0.3) is 0 Å². The maximum Gasteiger partial charge on any atom is 0.0345 e. The van der Waals surface area contributed by atoms with Crippen LogP contribution in [0.15, 0.2) is 29.6 Å². The van der Waals surface area contributed by atoms with Crippen molar-refractivity contribution in [1.82, 2.24) is 0 Å². The maximum atomic E-state index is 2.36. The Labute approximate surface area is 101 Å². The highest BCUT2D eigenvalue weighted by Crippen LogP contribution is 2.31. The number of rotatable bonds is 3. The third kappa shape index (κ3) is 2.01. The van der Waals surface area contributed by atoms with Crippen molar-refractivity contribution < 1.29 is 0 Å². The second-order valence-corrected chi connectivity index (χ2v) is 5.86. The molecule has 1 fully saturated rings. The molecule has 1 aliphatic carbocycles. The second-order valence-electron chi connectivity index (χ2n) is 4.95. The minimum Gasteiger partial charge on any atom is -0.144 e. The van der Waals surface area contributed by atoms with E-state index in [2.05, 4.69) is 29.6 Å². The molecular weight excluding hydrogens is 212 g/mol. The number of benzene rings is 1. The maximum absolute atomic E-state index is 2.36. The Morgan fingerprint density at radius 1 is 1.12 bits per heavy atom. The van der Waals surface area contributed by atoms with E-state index in [0.717, 1.165) is 5.92 Å². The first-order valence-electron chi connectivity index (χ1n) is 6.38. The van der Waals surface area contributed by atoms with Crippen LogP contribution in [-0.4, -0.2) is 0 Å². The summed E-state index contributed by atoms with van der Waals surface area (Å²) in [6, 6.07) is 8.81. The molecule has 0 spiro atoms. The molecule has 0 saturated heterocycles. The Bertz CT molecular complexity index is 463. The van der Waals surface area contributed by atoms with Gasteiger partial charge in [-0.05, 0) is 41.2 Å². The van der Waals surface area contributed by atoms with E-state index in [0.29, 0.717) is 0 Å². The summed E-state index contributed by atoms with van der Waals surface area (Å²) in [5.41, 5.74) is 1.58. The van der Waals surface area contributed by atoms with Gasteiger partial charge < -0.3 is 0 Å². The Kier molecular flexibility index (Phi) is 2.96. The van der Waals surface area contributed by atoms with Crippen molar-refractivity contribution in [2.75, 3.05) is 0 Å². The molecule has 0 amide bonds. The number of hydrogen-bond donors (Lipinski definition) is 0. The number of thiophene rings is 1. The van der Waals surface area contributed by atoms with Crippen molar-refractivity contribution in [3.05, 3.63) is 35.2 Å². The highest BCUT2D eigenvalue weighted by Gasteiger charge is 2.15. The lowest BCUT2D eigenvalue weighted by atomic mass is 9.98. The van der Waals surface area contributed by atoms with Crippen molar-refractivity contribution in [3.63, 3.8) is 0 Å². The molecule has 1 heterocycles. The van der Waals surface area contributed by atoms with Gasteiger partial charge in [0.05, 0.1) is 0 Å². The predicted molar refractivity (Wildman–Crippen MR) is 72.1 cm³/mol. The molecule has 84 valence electrons. The average Bonchev–Trinajstić information content (AvgIpc) is 2.96. The summed E-state index contributed by atoms with van der Waals surface area (Å²) in [6.07, 6.45) is 8.57. The third-order valence-electron chi connectivity index (χ3n) is 3.86.